The number of carbonyl (C=O) groups excluding carboxylic acids is 1. The second-order valence-corrected chi connectivity index (χ2v) is 1.65. The minimum Gasteiger partial charge on any atom is -0.481 e. The Morgan fingerprint density at radius 3 is 0.917 bits per heavy atom. The molecular formula is C6H13NO5. The van der Waals surface area contributed by atoms with Gasteiger partial charge in [0, 0.05) is 20.8 Å². The van der Waals surface area contributed by atoms with Crippen molar-refractivity contribution in [2.75, 3.05) is 0 Å². The molecule has 0 aromatic heterocycles. The SMILES string of the molecule is CC(=O)O.CC(=O)O.CC(N)=O. The summed E-state index contributed by atoms with van der Waals surface area (Å²) in [6.45, 7) is 3.47. The molecule has 1 amide bonds. The first-order valence-electron chi connectivity index (χ1n) is 2.85. The Labute approximate surface area is 70.0 Å². The van der Waals surface area contributed by atoms with Gasteiger partial charge in [0.25, 0.3) is 11.9 Å². The summed E-state index contributed by atoms with van der Waals surface area (Å²) in [6.07, 6.45) is 0. The van der Waals surface area contributed by atoms with Crippen molar-refractivity contribution in [2.45, 2.75) is 20.8 Å². The largest absolute Gasteiger partial charge is 0.481 e. The van der Waals surface area contributed by atoms with Crippen LogP contribution in [0, 0.1) is 0 Å². The van der Waals surface area contributed by atoms with Gasteiger partial charge in [-0.25, -0.2) is 0 Å². The van der Waals surface area contributed by atoms with Crippen LogP contribution in [-0.4, -0.2) is 28.1 Å². The van der Waals surface area contributed by atoms with Gasteiger partial charge in [0.05, 0.1) is 0 Å². The molecule has 0 unspecified atom stereocenters. The lowest BCUT2D eigenvalue weighted by Gasteiger charge is -1.60. The average molecular weight is 179 g/mol. The topological polar surface area (TPSA) is 118 Å². The van der Waals surface area contributed by atoms with Gasteiger partial charge in [-0.2, -0.15) is 0 Å². The van der Waals surface area contributed by atoms with Crippen molar-refractivity contribution in [1.82, 2.24) is 0 Å². The van der Waals surface area contributed by atoms with Gasteiger partial charge in [-0.1, -0.05) is 0 Å². The Hall–Kier alpha value is -1.59. The number of primary amides is 1. The van der Waals surface area contributed by atoms with Crippen LogP contribution in [0.3, 0.4) is 0 Å². The fourth-order valence-corrected chi connectivity index (χ4v) is 0. The van der Waals surface area contributed by atoms with E-state index in [-0.39, 0.29) is 5.91 Å². The van der Waals surface area contributed by atoms with Crippen LogP contribution in [0.2, 0.25) is 0 Å². The van der Waals surface area contributed by atoms with Gasteiger partial charge >= 0.3 is 0 Å². The third kappa shape index (κ3) is 183. The van der Waals surface area contributed by atoms with Crippen molar-refractivity contribution >= 4 is 17.8 Å². The predicted molar refractivity (Wildman–Crippen MR) is 41.5 cm³/mol. The zero-order valence-electron chi connectivity index (χ0n) is 7.20. The number of amides is 1. The molecule has 6 heteroatoms. The Balaban J connectivity index is -0.000000101. The molecule has 0 aliphatic carbocycles. The minimum atomic E-state index is -0.833. The maximum atomic E-state index is 9.22. The lowest BCUT2D eigenvalue weighted by molar-refractivity contribution is -0.135. The van der Waals surface area contributed by atoms with E-state index in [0.29, 0.717) is 0 Å². The highest BCUT2D eigenvalue weighted by molar-refractivity contribution is 5.70. The van der Waals surface area contributed by atoms with Gasteiger partial charge in [-0.05, 0) is 0 Å². The van der Waals surface area contributed by atoms with Gasteiger partial charge in [0.2, 0.25) is 5.91 Å². The molecule has 12 heavy (non-hydrogen) atoms. The zero-order valence-corrected chi connectivity index (χ0v) is 7.20. The molecule has 4 N–H and O–H groups in total. The third-order valence-electron chi connectivity index (χ3n) is 0. The molecule has 0 atom stereocenters. The molecule has 0 bridgehead atoms. The van der Waals surface area contributed by atoms with Gasteiger partial charge in [-0.15, -0.1) is 0 Å². The van der Waals surface area contributed by atoms with E-state index in [0.717, 1.165) is 13.8 Å². The number of rotatable bonds is 0. The van der Waals surface area contributed by atoms with Crippen LogP contribution < -0.4 is 5.73 Å². The van der Waals surface area contributed by atoms with E-state index in [1.165, 1.54) is 6.92 Å². The van der Waals surface area contributed by atoms with E-state index >= 15 is 0 Å². The van der Waals surface area contributed by atoms with Gasteiger partial charge in [-0.3, -0.25) is 14.4 Å². The minimum absolute atomic E-state index is 0.333. The highest BCUT2D eigenvalue weighted by atomic mass is 16.4. The van der Waals surface area contributed by atoms with Crippen molar-refractivity contribution in [3.63, 3.8) is 0 Å². The predicted octanol–water partition coefficient (Wildman–Crippen LogP) is -0.327. The van der Waals surface area contributed by atoms with Crippen LogP contribution in [0.25, 0.3) is 0 Å². The van der Waals surface area contributed by atoms with Crippen molar-refractivity contribution in [2.24, 2.45) is 5.73 Å². The Morgan fingerprint density at radius 1 is 0.917 bits per heavy atom. The smallest absolute Gasteiger partial charge is 0.300 e. The van der Waals surface area contributed by atoms with E-state index in [9.17, 15) is 4.79 Å². The molecule has 0 radical (unpaired) electrons. The van der Waals surface area contributed by atoms with Crippen LogP contribution in [0.5, 0.6) is 0 Å². The molecule has 0 saturated carbocycles. The number of carboxylic acids is 2. The fraction of sp³-hybridized carbons (Fsp3) is 0.500. The molecule has 0 saturated heterocycles. The summed E-state index contributed by atoms with van der Waals surface area (Å²) in [4.78, 5) is 27.2. The molecule has 0 rings (SSSR count). The molecule has 72 valence electrons. The summed E-state index contributed by atoms with van der Waals surface area (Å²) in [5, 5.41) is 14.8. The molecule has 0 aromatic rings. The van der Waals surface area contributed by atoms with Crippen molar-refractivity contribution in [1.29, 1.82) is 0 Å². The second kappa shape index (κ2) is 12.1. The normalized spacial score (nSPS) is 6.25. The number of aliphatic carboxylic acids is 2. The summed E-state index contributed by atoms with van der Waals surface area (Å²) in [5.74, 6) is -2.00. The van der Waals surface area contributed by atoms with Crippen molar-refractivity contribution in [3.05, 3.63) is 0 Å². The Kier molecular flexibility index (Phi) is 17.0. The molecule has 0 aliphatic heterocycles. The highest BCUT2D eigenvalue weighted by Gasteiger charge is 1.66. The summed E-state index contributed by atoms with van der Waals surface area (Å²) < 4.78 is 0. The van der Waals surface area contributed by atoms with Crippen LogP contribution >= 0.6 is 0 Å². The average Bonchev–Trinajstić information content (AvgIpc) is 1.54. The Morgan fingerprint density at radius 2 is 0.917 bits per heavy atom. The monoisotopic (exact) mass is 179 g/mol. The van der Waals surface area contributed by atoms with Crippen molar-refractivity contribution in [3.8, 4) is 0 Å². The van der Waals surface area contributed by atoms with Gasteiger partial charge < -0.3 is 15.9 Å². The number of hydrogen-bond donors (Lipinski definition) is 3. The first-order valence-corrected chi connectivity index (χ1v) is 2.85. The van der Waals surface area contributed by atoms with E-state index in [1.807, 2.05) is 0 Å². The molecular weight excluding hydrogens is 166 g/mol. The van der Waals surface area contributed by atoms with Crippen LogP contribution in [0.1, 0.15) is 20.8 Å². The summed E-state index contributed by atoms with van der Waals surface area (Å²) in [7, 11) is 0. The lowest BCUT2D eigenvalue weighted by atomic mass is 10.8. The van der Waals surface area contributed by atoms with E-state index in [4.69, 9.17) is 19.8 Å². The fourth-order valence-electron chi connectivity index (χ4n) is 0. The standard InChI is InChI=1S/C2H5NO.2C2H4O2/c3*1-2(3)4/h1H3,(H2,3,4);2*1H3,(H,3,4). The first-order chi connectivity index (χ1) is 5.20. The summed E-state index contributed by atoms with van der Waals surface area (Å²) in [5.41, 5.74) is 4.47. The molecule has 0 heterocycles. The molecule has 0 aromatic carbocycles. The first kappa shape index (κ1) is 16.8. The lowest BCUT2D eigenvalue weighted by Crippen LogP contribution is -2.01. The second-order valence-electron chi connectivity index (χ2n) is 1.65. The van der Waals surface area contributed by atoms with Crippen molar-refractivity contribution < 1.29 is 24.6 Å². The number of carbonyl (C=O) groups is 3. The quantitative estimate of drug-likeness (QED) is 0.470. The van der Waals surface area contributed by atoms with Crippen LogP contribution in [-0.2, 0) is 14.4 Å². The number of hydrogen-bond acceptors (Lipinski definition) is 3. The summed E-state index contributed by atoms with van der Waals surface area (Å²) in [6, 6.07) is 0. The molecule has 0 aliphatic rings. The molecule has 0 spiro atoms. The van der Waals surface area contributed by atoms with Crippen LogP contribution in [0.4, 0.5) is 0 Å². The number of carboxylic acid groups (broad SMARTS) is 2. The maximum absolute atomic E-state index is 9.22. The zero-order chi connectivity index (χ0) is 10.7. The third-order valence-corrected chi connectivity index (χ3v) is 0. The van der Waals surface area contributed by atoms with Crippen LogP contribution in [0.15, 0.2) is 0 Å². The molecule has 6 nitrogen and oxygen atoms in total. The highest BCUT2D eigenvalue weighted by Crippen LogP contribution is 1.42. The molecule has 0 fully saturated rings. The van der Waals surface area contributed by atoms with Gasteiger partial charge in [0.15, 0.2) is 0 Å². The van der Waals surface area contributed by atoms with E-state index in [1.54, 1.807) is 0 Å². The van der Waals surface area contributed by atoms with E-state index < -0.39 is 11.9 Å². The number of nitrogens with two attached hydrogens (primary N) is 1. The summed E-state index contributed by atoms with van der Waals surface area (Å²) >= 11 is 0. The Bertz CT molecular complexity index is 113. The van der Waals surface area contributed by atoms with Gasteiger partial charge in [0.1, 0.15) is 0 Å². The van der Waals surface area contributed by atoms with E-state index in [2.05, 4.69) is 5.73 Å². The maximum Gasteiger partial charge on any atom is 0.300 e.